The van der Waals surface area contributed by atoms with Gasteiger partial charge in [-0.2, -0.15) is 0 Å². The molecule has 2 aromatic rings. The van der Waals surface area contributed by atoms with Crippen molar-refractivity contribution in [2.24, 2.45) is 10.4 Å². The summed E-state index contributed by atoms with van der Waals surface area (Å²) in [6.45, 7) is 10.2. The van der Waals surface area contributed by atoms with Crippen LogP contribution in [0, 0.1) is 5.41 Å². The summed E-state index contributed by atoms with van der Waals surface area (Å²) < 4.78 is 16.7. The molecular formula is C23H33IN4O3. The minimum absolute atomic E-state index is 0. The largest absolute Gasteiger partial charge is 0.493 e. The predicted octanol–water partition coefficient (Wildman–Crippen LogP) is 4.71. The summed E-state index contributed by atoms with van der Waals surface area (Å²) >= 11 is 0. The monoisotopic (exact) mass is 540 g/mol. The fraction of sp³-hybridized carbons (Fsp3) is 0.478. The molecule has 0 saturated carbocycles. The van der Waals surface area contributed by atoms with Crippen LogP contribution in [0.15, 0.2) is 41.5 Å². The number of rotatable bonds is 7. The molecule has 1 aliphatic rings. The van der Waals surface area contributed by atoms with Gasteiger partial charge in [0.15, 0.2) is 17.5 Å². The van der Waals surface area contributed by atoms with Crippen molar-refractivity contribution in [2.75, 3.05) is 33.9 Å². The van der Waals surface area contributed by atoms with Gasteiger partial charge in [-0.15, -0.1) is 24.0 Å². The van der Waals surface area contributed by atoms with Crippen molar-refractivity contribution < 1.29 is 14.2 Å². The summed E-state index contributed by atoms with van der Waals surface area (Å²) in [6, 6.07) is 9.31. The van der Waals surface area contributed by atoms with Gasteiger partial charge < -0.3 is 24.4 Å². The number of methoxy groups -OCH3 is 2. The molecule has 7 nitrogen and oxygen atoms in total. The fourth-order valence-corrected chi connectivity index (χ4v) is 3.47. The molecule has 170 valence electrons. The van der Waals surface area contributed by atoms with Crippen molar-refractivity contribution in [1.29, 1.82) is 0 Å². The molecule has 0 radical (unpaired) electrons. The van der Waals surface area contributed by atoms with E-state index in [0.29, 0.717) is 35.1 Å². The molecular weight excluding hydrogens is 507 g/mol. The number of aromatic nitrogens is 1. The van der Waals surface area contributed by atoms with Gasteiger partial charge in [-0.3, -0.25) is 0 Å². The first-order valence-corrected chi connectivity index (χ1v) is 10.3. The molecule has 0 atom stereocenters. The summed E-state index contributed by atoms with van der Waals surface area (Å²) in [5, 5.41) is 3.40. The number of guanidine groups is 1. The molecule has 1 aromatic heterocycles. The summed E-state index contributed by atoms with van der Waals surface area (Å²) in [4.78, 5) is 11.6. The van der Waals surface area contributed by atoms with Crippen LogP contribution < -0.4 is 19.5 Å². The quantitative estimate of drug-likeness (QED) is 0.312. The van der Waals surface area contributed by atoms with Crippen LogP contribution in [0.5, 0.6) is 23.1 Å². The van der Waals surface area contributed by atoms with Gasteiger partial charge in [-0.1, -0.05) is 26.0 Å². The number of hydrogen-bond acceptors (Lipinski definition) is 5. The normalized spacial score (nSPS) is 15.3. The van der Waals surface area contributed by atoms with Gasteiger partial charge in [0.2, 0.25) is 11.6 Å². The number of halogens is 1. The van der Waals surface area contributed by atoms with E-state index in [4.69, 9.17) is 19.2 Å². The molecule has 1 fully saturated rings. The number of benzene rings is 1. The minimum atomic E-state index is 0. The number of hydrogen-bond donors (Lipinski definition) is 1. The Bertz CT molecular complexity index is 849. The maximum atomic E-state index is 5.93. The van der Waals surface area contributed by atoms with Crippen molar-refractivity contribution in [3.05, 3.63) is 42.1 Å². The molecule has 0 spiro atoms. The van der Waals surface area contributed by atoms with E-state index in [1.807, 2.05) is 30.3 Å². The molecule has 1 N–H and O–H groups in total. The fourth-order valence-electron chi connectivity index (χ4n) is 3.47. The Morgan fingerprint density at radius 1 is 1.16 bits per heavy atom. The Morgan fingerprint density at radius 2 is 1.87 bits per heavy atom. The number of ether oxygens (including phenoxy) is 3. The molecule has 0 amide bonds. The smallest absolute Gasteiger partial charge is 0.219 e. The topological polar surface area (TPSA) is 68.2 Å². The summed E-state index contributed by atoms with van der Waals surface area (Å²) in [6.07, 6.45) is 2.97. The molecule has 0 unspecified atom stereocenters. The minimum Gasteiger partial charge on any atom is -0.493 e. The van der Waals surface area contributed by atoms with E-state index >= 15 is 0 Å². The van der Waals surface area contributed by atoms with E-state index in [1.165, 1.54) is 6.42 Å². The Hall–Kier alpha value is -2.23. The summed E-state index contributed by atoms with van der Waals surface area (Å²) in [7, 11) is 3.19. The zero-order valence-electron chi connectivity index (χ0n) is 19.0. The van der Waals surface area contributed by atoms with E-state index in [-0.39, 0.29) is 24.0 Å². The predicted molar refractivity (Wildman–Crippen MR) is 134 cm³/mol. The number of nitrogens with zero attached hydrogens (tertiary/aromatic N) is 3. The lowest BCUT2D eigenvalue weighted by atomic mass is 9.93. The highest BCUT2D eigenvalue weighted by Gasteiger charge is 2.30. The zero-order valence-corrected chi connectivity index (χ0v) is 21.3. The van der Waals surface area contributed by atoms with Crippen LogP contribution in [0.1, 0.15) is 32.8 Å². The van der Waals surface area contributed by atoms with E-state index in [1.54, 1.807) is 20.4 Å². The van der Waals surface area contributed by atoms with Crippen LogP contribution in [0.3, 0.4) is 0 Å². The molecule has 2 heterocycles. The first-order chi connectivity index (χ1) is 14.5. The third-order valence-electron chi connectivity index (χ3n) is 5.11. The van der Waals surface area contributed by atoms with Gasteiger partial charge in [0.1, 0.15) is 0 Å². The Labute approximate surface area is 202 Å². The van der Waals surface area contributed by atoms with Crippen molar-refractivity contribution >= 4 is 29.9 Å². The van der Waals surface area contributed by atoms with Crippen LogP contribution in [-0.4, -0.2) is 49.7 Å². The maximum Gasteiger partial charge on any atom is 0.219 e. The molecule has 1 aliphatic heterocycles. The lowest BCUT2D eigenvalue weighted by Gasteiger charge is -2.23. The highest BCUT2D eigenvalue weighted by atomic mass is 127. The number of likely N-dealkylation sites (tertiary alicyclic amines) is 1. The number of pyridine rings is 1. The summed E-state index contributed by atoms with van der Waals surface area (Å²) in [5.74, 6) is 3.12. The molecule has 0 bridgehead atoms. The number of aliphatic imine (C=N–C) groups is 1. The second-order valence-electron chi connectivity index (χ2n) is 8.10. The highest BCUT2D eigenvalue weighted by Crippen LogP contribution is 2.39. The van der Waals surface area contributed by atoms with Gasteiger partial charge >= 0.3 is 0 Å². The van der Waals surface area contributed by atoms with Gasteiger partial charge in [-0.25, -0.2) is 9.98 Å². The second-order valence-corrected chi connectivity index (χ2v) is 8.10. The van der Waals surface area contributed by atoms with Crippen LogP contribution in [0.4, 0.5) is 0 Å². The van der Waals surface area contributed by atoms with Gasteiger partial charge in [0.25, 0.3) is 0 Å². The first-order valence-electron chi connectivity index (χ1n) is 10.3. The Kier molecular flexibility index (Phi) is 9.21. The van der Waals surface area contributed by atoms with Crippen LogP contribution in [0.25, 0.3) is 0 Å². The molecule has 31 heavy (non-hydrogen) atoms. The van der Waals surface area contributed by atoms with E-state index in [9.17, 15) is 0 Å². The Balaban J connectivity index is 0.00000341. The standard InChI is InChI=1S/C23H32N4O3.HI/c1-6-24-22(27-13-12-23(2,3)16-27)26-15-17-10-11-20(25-14-17)30-21-18(28-4)8-7-9-19(21)29-5;/h7-11,14H,6,12-13,15-16H2,1-5H3,(H,24,26);1H. The third-order valence-corrected chi connectivity index (χ3v) is 5.11. The molecule has 3 rings (SSSR count). The maximum absolute atomic E-state index is 5.93. The van der Waals surface area contributed by atoms with Crippen LogP contribution in [-0.2, 0) is 6.54 Å². The molecule has 8 heteroatoms. The van der Waals surface area contributed by atoms with Crippen molar-refractivity contribution in [3.63, 3.8) is 0 Å². The van der Waals surface area contributed by atoms with E-state index in [2.05, 4.69) is 36.0 Å². The van der Waals surface area contributed by atoms with Crippen molar-refractivity contribution in [1.82, 2.24) is 15.2 Å². The molecule has 1 saturated heterocycles. The highest BCUT2D eigenvalue weighted by molar-refractivity contribution is 14.0. The van der Waals surface area contributed by atoms with Gasteiger partial charge in [-0.05, 0) is 36.5 Å². The lowest BCUT2D eigenvalue weighted by molar-refractivity contribution is 0.342. The number of nitrogens with one attached hydrogen (secondary N) is 1. The number of para-hydroxylation sites is 1. The van der Waals surface area contributed by atoms with Crippen LogP contribution >= 0.6 is 24.0 Å². The summed E-state index contributed by atoms with van der Waals surface area (Å²) in [5.41, 5.74) is 1.35. The van der Waals surface area contributed by atoms with E-state index in [0.717, 1.165) is 31.2 Å². The first kappa shape index (κ1) is 25.0. The van der Waals surface area contributed by atoms with Crippen molar-refractivity contribution in [2.45, 2.75) is 33.7 Å². The SMILES string of the molecule is CCNC(=NCc1ccc(Oc2c(OC)cccc2OC)nc1)N1CCC(C)(C)C1.I. The molecule has 1 aromatic carbocycles. The average Bonchev–Trinajstić information content (AvgIpc) is 3.11. The van der Waals surface area contributed by atoms with Gasteiger partial charge in [0, 0.05) is 31.9 Å². The van der Waals surface area contributed by atoms with Gasteiger partial charge in [0.05, 0.1) is 20.8 Å². The van der Waals surface area contributed by atoms with E-state index < -0.39 is 0 Å². The molecule has 0 aliphatic carbocycles. The third kappa shape index (κ3) is 6.62. The van der Waals surface area contributed by atoms with Crippen molar-refractivity contribution in [3.8, 4) is 23.1 Å². The average molecular weight is 540 g/mol. The lowest BCUT2D eigenvalue weighted by Crippen LogP contribution is -2.40. The zero-order chi connectivity index (χ0) is 21.6. The second kappa shape index (κ2) is 11.4. The van der Waals surface area contributed by atoms with Crippen LogP contribution in [0.2, 0.25) is 0 Å². The Morgan fingerprint density at radius 3 is 2.39 bits per heavy atom.